The van der Waals surface area contributed by atoms with Crippen LogP contribution in [0.4, 0.5) is 4.79 Å². The number of nitrogens with zero attached hydrogens (tertiary/aromatic N) is 2. The molecule has 2 amide bonds. The Morgan fingerprint density at radius 3 is 2.33 bits per heavy atom. The van der Waals surface area contributed by atoms with Crippen LogP contribution in [-0.2, 0) is 14.1 Å². The predicted molar refractivity (Wildman–Crippen MR) is 81.6 cm³/mol. The van der Waals surface area contributed by atoms with E-state index in [-0.39, 0.29) is 5.29 Å². The van der Waals surface area contributed by atoms with E-state index >= 15 is 0 Å². The lowest BCUT2D eigenvalue weighted by Crippen LogP contribution is -2.34. The molecule has 1 aliphatic rings. The van der Waals surface area contributed by atoms with Crippen molar-refractivity contribution < 1.29 is 18.8 Å². The van der Waals surface area contributed by atoms with Crippen molar-refractivity contribution in [3.63, 3.8) is 0 Å². The molecule has 1 aliphatic heterocycles. The van der Waals surface area contributed by atoms with Crippen LogP contribution in [0.25, 0.3) is 0 Å². The van der Waals surface area contributed by atoms with Crippen LogP contribution in [0.2, 0.25) is 0 Å². The molecule has 7 nitrogen and oxygen atoms in total. The van der Waals surface area contributed by atoms with E-state index in [1.807, 2.05) is 6.07 Å². The van der Waals surface area contributed by atoms with Crippen LogP contribution in [0, 0.1) is 0 Å². The van der Waals surface area contributed by atoms with Crippen LogP contribution < -0.4 is 11.0 Å². The van der Waals surface area contributed by atoms with Gasteiger partial charge < -0.3 is 15.0 Å². The molecule has 0 saturated heterocycles. The van der Waals surface area contributed by atoms with Crippen molar-refractivity contribution in [1.29, 1.82) is 0 Å². The molecular weight excluding hydrogens is 293 g/mol. The first-order valence-electron chi connectivity index (χ1n) is 6.11. The van der Waals surface area contributed by atoms with E-state index in [1.165, 1.54) is 14.2 Å². The average Bonchev–Trinajstić information content (AvgIpc) is 2.81. The number of ether oxygens (including phenoxy) is 1. The second-order valence-electron chi connectivity index (χ2n) is 4.25. The van der Waals surface area contributed by atoms with Gasteiger partial charge in [0.2, 0.25) is 0 Å². The molecule has 0 radical (unpaired) electrons. The SMILES string of the molecule is COC(=O)C1=P(OC)(c2ccccc2)N(C(N)=O)N=C1C. The monoisotopic (exact) mass is 309 g/mol. The number of hydrogen-bond donors (Lipinski definition) is 1. The van der Waals surface area contributed by atoms with Gasteiger partial charge in [0.05, 0.1) is 12.8 Å². The number of benzene rings is 1. The molecule has 2 N–H and O–H groups in total. The molecule has 0 saturated carbocycles. The van der Waals surface area contributed by atoms with Crippen LogP contribution in [0.3, 0.4) is 0 Å². The normalized spacial score (nSPS) is 21.2. The zero-order valence-electron chi connectivity index (χ0n) is 11.9. The number of hydrogen-bond acceptors (Lipinski definition) is 5. The number of esters is 1. The molecule has 112 valence electrons. The van der Waals surface area contributed by atoms with E-state index in [0.717, 1.165) is 4.78 Å². The molecule has 8 heteroatoms. The van der Waals surface area contributed by atoms with Gasteiger partial charge in [0.15, 0.2) is 7.26 Å². The van der Waals surface area contributed by atoms with Crippen molar-refractivity contribution in [3.05, 3.63) is 30.3 Å². The molecule has 0 fully saturated rings. The predicted octanol–water partition coefficient (Wildman–Crippen LogP) is 0.922. The number of methoxy groups -OCH3 is 1. The van der Waals surface area contributed by atoms with E-state index in [0.29, 0.717) is 11.0 Å². The molecule has 0 spiro atoms. The summed E-state index contributed by atoms with van der Waals surface area (Å²) in [6.45, 7) is 1.62. The lowest BCUT2D eigenvalue weighted by Gasteiger charge is -2.29. The van der Waals surface area contributed by atoms with Gasteiger partial charge in [0.25, 0.3) is 0 Å². The minimum absolute atomic E-state index is 0.234. The Hall–Kier alpha value is -2.11. The van der Waals surface area contributed by atoms with Gasteiger partial charge in [-0.05, 0) is 6.92 Å². The molecule has 1 unspecified atom stereocenters. The van der Waals surface area contributed by atoms with Gasteiger partial charge in [0.1, 0.15) is 5.29 Å². The first-order chi connectivity index (χ1) is 9.98. The largest absolute Gasteiger partial charge is 0.465 e. The van der Waals surface area contributed by atoms with Crippen molar-refractivity contribution in [2.24, 2.45) is 10.8 Å². The number of amides is 2. The summed E-state index contributed by atoms with van der Waals surface area (Å²) in [6, 6.07) is 8.16. The molecule has 1 aromatic rings. The summed E-state index contributed by atoms with van der Waals surface area (Å²) in [5, 5.41) is 4.99. The van der Waals surface area contributed by atoms with Crippen molar-refractivity contribution in [3.8, 4) is 0 Å². The Kier molecular flexibility index (Phi) is 4.16. The molecule has 1 aromatic carbocycles. The van der Waals surface area contributed by atoms with Gasteiger partial charge in [-0.15, -0.1) is 0 Å². The van der Waals surface area contributed by atoms with Crippen LogP contribution in [0.5, 0.6) is 0 Å². The standard InChI is InChI=1S/C13H16N3O4P/c1-9-11(12(17)19-2)21(20-3,16(15-9)13(14)18)10-7-5-4-6-8-10/h4-8H,1-3H3,(H2,14,18). The van der Waals surface area contributed by atoms with Crippen molar-refractivity contribution in [2.75, 3.05) is 14.2 Å². The summed E-state index contributed by atoms with van der Waals surface area (Å²) < 4.78 is 11.5. The topological polar surface area (TPSA) is 94.2 Å². The Morgan fingerprint density at radius 2 is 1.86 bits per heavy atom. The minimum atomic E-state index is -2.99. The van der Waals surface area contributed by atoms with Crippen molar-refractivity contribution in [1.82, 2.24) is 4.78 Å². The van der Waals surface area contributed by atoms with Gasteiger partial charge in [-0.1, -0.05) is 30.3 Å². The minimum Gasteiger partial charge on any atom is -0.465 e. The lowest BCUT2D eigenvalue weighted by atomic mass is 10.3. The Balaban J connectivity index is 2.86. The lowest BCUT2D eigenvalue weighted by molar-refractivity contribution is -0.132. The molecule has 0 bridgehead atoms. The van der Waals surface area contributed by atoms with Gasteiger partial charge in [-0.3, -0.25) is 0 Å². The van der Waals surface area contributed by atoms with Crippen LogP contribution in [-0.4, -0.2) is 42.0 Å². The third-order valence-corrected chi connectivity index (χ3v) is 6.56. The fourth-order valence-electron chi connectivity index (χ4n) is 2.27. The first kappa shape index (κ1) is 15.3. The molecule has 1 heterocycles. The van der Waals surface area contributed by atoms with Crippen LogP contribution >= 0.6 is 7.26 Å². The van der Waals surface area contributed by atoms with E-state index < -0.39 is 19.3 Å². The molecular formula is C13H16N3O4P. The zero-order valence-corrected chi connectivity index (χ0v) is 12.8. The quantitative estimate of drug-likeness (QED) is 0.663. The molecule has 0 aliphatic carbocycles. The number of carbonyl (C=O) groups excluding carboxylic acids is 2. The smallest absolute Gasteiger partial charge is 0.344 e. The van der Waals surface area contributed by atoms with E-state index in [1.54, 1.807) is 31.2 Å². The summed E-state index contributed by atoms with van der Waals surface area (Å²) in [5.74, 6) is -0.584. The summed E-state index contributed by atoms with van der Waals surface area (Å²) in [4.78, 5) is 23.9. The summed E-state index contributed by atoms with van der Waals surface area (Å²) in [5.41, 5.74) is 5.78. The number of urea groups is 1. The fraction of sp³-hybridized carbons (Fsp3) is 0.231. The second-order valence-corrected chi connectivity index (χ2v) is 7.11. The summed E-state index contributed by atoms with van der Waals surface area (Å²) in [6.07, 6.45) is 0. The number of hydrazone groups is 1. The summed E-state index contributed by atoms with van der Waals surface area (Å²) in [7, 11) is -0.295. The maximum Gasteiger partial charge on any atom is 0.344 e. The second kappa shape index (κ2) is 5.71. The van der Waals surface area contributed by atoms with Crippen molar-refractivity contribution >= 4 is 35.6 Å². The third kappa shape index (κ3) is 2.24. The fourth-order valence-corrected chi connectivity index (χ4v) is 5.42. The highest BCUT2D eigenvalue weighted by molar-refractivity contribution is 7.81. The maximum absolute atomic E-state index is 12.2. The summed E-state index contributed by atoms with van der Waals surface area (Å²) >= 11 is 0. The number of nitrogens with two attached hydrogens (primary N) is 1. The highest BCUT2D eigenvalue weighted by atomic mass is 31.2. The Bertz CT molecular complexity index is 669. The first-order valence-corrected chi connectivity index (χ1v) is 7.76. The molecule has 21 heavy (non-hydrogen) atoms. The van der Waals surface area contributed by atoms with E-state index in [2.05, 4.69) is 5.10 Å². The Labute approximate surface area is 122 Å². The number of rotatable bonds is 3. The van der Waals surface area contributed by atoms with Crippen LogP contribution in [0.15, 0.2) is 35.4 Å². The van der Waals surface area contributed by atoms with Gasteiger partial charge in [-0.25, -0.2) is 9.59 Å². The van der Waals surface area contributed by atoms with Crippen LogP contribution in [0.1, 0.15) is 6.92 Å². The average molecular weight is 309 g/mol. The number of primary amides is 1. The van der Waals surface area contributed by atoms with Gasteiger partial charge in [-0.2, -0.15) is 9.88 Å². The highest BCUT2D eigenvalue weighted by Crippen LogP contribution is 2.55. The molecule has 1 atom stereocenters. The van der Waals surface area contributed by atoms with E-state index in [4.69, 9.17) is 15.0 Å². The van der Waals surface area contributed by atoms with Gasteiger partial charge in [0, 0.05) is 12.4 Å². The third-order valence-electron chi connectivity index (χ3n) is 3.10. The highest BCUT2D eigenvalue weighted by Gasteiger charge is 2.44. The van der Waals surface area contributed by atoms with Crippen molar-refractivity contribution in [2.45, 2.75) is 6.92 Å². The Morgan fingerprint density at radius 1 is 1.24 bits per heavy atom. The van der Waals surface area contributed by atoms with E-state index in [9.17, 15) is 9.59 Å². The molecule has 0 aromatic heterocycles. The zero-order chi connectivity index (χ0) is 15.6. The molecule has 2 rings (SSSR count). The van der Waals surface area contributed by atoms with Gasteiger partial charge >= 0.3 is 12.0 Å². The maximum atomic E-state index is 12.2. The number of carbonyl (C=O) groups is 2.